The number of para-hydroxylation sites is 1. The summed E-state index contributed by atoms with van der Waals surface area (Å²) in [6, 6.07) is 9.76. The monoisotopic (exact) mass is 349 g/mol. The molecule has 1 amide bonds. The summed E-state index contributed by atoms with van der Waals surface area (Å²) >= 11 is 0. The molecular weight excluding hydrogens is 321 g/mol. The number of hydrogen-bond acceptors (Lipinski definition) is 3. The van der Waals surface area contributed by atoms with E-state index < -0.39 is 0 Å². The Bertz CT molecular complexity index is 415. The van der Waals surface area contributed by atoms with Gasteiger partial charge in [0.05, 0.1) is 6.04 Å². The van der Waals surface area contributed by atoms with Crippen LogP contribution in [0.1, 0.15) is 20.3 Å². The molecular formula is C16H29Cl2N3O. The average Bonchev–Trinajstić information content (AvgIpc) is 2.43. The van der Waals surface area contributed by atoms with Crippen LogP contribution in [0.3, 0.4) is 0 Å². The van der Waals surface area contributed by atoms with Crippen LogP contribution in [-0.4, -0.2) is 44.0 Å². The number of rotatable bonds is 7. The van der Waals surface area contributed by atoms with E-state index in [0.717, 1.165) is 18.7 Å². The van der Waals surface area contributed by atoms with Gasteiger partial charge >= 0.3 is 0 Å². The Morgan fingerprint density at radius 1 is 1.09 bits per heavy atom. The molecule has 0 aliphatic heterocycles. The van der Waals surface area contributed by atoms with Crippen molar-refractivity contribution in [3.05, 3.63) is 30.3 Å². The van der Waals surface area contributed by atoms with Crippen LogP contribution in [0, 0.1) is 5.92 Å². The maximum absolute atomic E-state index is 12.1. The first-order chi connectivity index (χ1) is 9.41. The van der Waals surface area contributed by atoms with Gasteiger partial charge < -0.3 is 15.5 Å². The first-order valence-corrected chi connectivity index (χ1v) is 7.18. The lowest BCUT2D eigenvalue weighted by Crippen LogP contribution is -2.44. The van der Waals surface area contributed by atoms with E-state index in [0.29, 0.717) is 12.5 Å². The van der Waals surface area contributed by atoms with Gasteiger partial charge in [0.25, 0.3) is 0 Å². The highest BCUT2D eigenvalue weighted by atomic mass is 35.5. The Morgan fingerprint density at radius 2 is 1.64 bits per heavy atom. The predicted octanol–water partition coefficient (Wildman–Crippen LogP) is 2.80. The molecule has 0 fully saturated rings. The van der Waals surface area contributed by atoms with Crippen molar-refractivity contribution in [3.63, 3.8) is 0 Å². The van der Waals surface area contributed by atoms with E-state index in [4.69, 9.17) is 5.73 Å². The number of nitrogens with two attached hydrogens (primary N) is 1. The number of anilines is 1. The molecule has 1 atom stereocenters. The van der Waals surface area contributed by atoms with Gasteiger partial charge in [0.2, 0.25) is 5.91 Å². The number of amides is 1. The number of likely N-dealkylation sites (N-methyl/N-ethyl adjacent to an activating group) is 2. The second kappa shape index (κ2) is 11.6. The molecule has 0 radical (unpaired) electrons. The van der Waals surface area contributed by atoms with Crippen LogP contribution in [0.4, 0.5) is 5.69 Å². The molecule has 1 rings (SSSR count). The molecule has 1 aromatic rings. The number of hydrogen-bond donors (Lipinski definition) is 1. The SMILES string of the molecule is CC(C)C[C@H](N)C(=O)N(C)CCN(C)c1ccccc1.Cl.Cl. The summed E-state index contributed by atoms with van der Waals surface area (Å²) in [5.41, 5.74) is 7.08. The minimum absolute atomic E-state index is 0. The summed E-state index contributed by atoms with van der Waals surface area (Å²) in [7, 11) is 3.85. The van der Waals surface area contributed by atoms with Crippen molar-refractivity contribution in [1.82, 2.24) is 4.90 Å². The van der Waals surface area contributed by atoms with Crippen molar-refractivity contribution < 1.29 is 4.79 Å². The lowest BCUT2D eigenvalue weighted by Gasteiger charge is -2.26. The molecule has 0 spiro atoms. The summed E-state index contributed by atoms with van der Waals surface area (Å²) in [6.45, 7) is 5.63. The molecule has 0 aliphatic rings. The zero-order valence-electron chi connectivity index (χ0n) is 13.9. The number of carbonyl (C=O) groups is 1. The third-order valence-electron chi connectivity index (χ3n) is 3.39. The molecule has 0 bridgehead atoms. The Hall–Kier alpha value is -0.970. The van der Waals surface area contributed by atoms with Crippen molar-refractivity contribution >= 4 is 36.4 Å². The standard InChI is InChI=1S/C16H27N3O.2ClH/c1-13(2)12-15(17)16(20)19(4)11-10-18(3)14-8-6-5-7-9-14;;/h5-9,13,15H,10-12,17H2,1-4H3;2*1H/t15-;;/m0../s1. The molecule has 0 heterocycles. The van der Waals surface area contributed by atoms with Gasteiger partial charge in [0.15, 0.2) is 0 Å². The lowest BCUT2D eigenvalue weighted by atomic mass is 10.0. The van der Waals surface area contributed by atoms with Crippen LogP contribution in [0.25, 0.3) is 0 Å². The zero-order chi connectivity index (χ0) is 15.1. The van der Waals surface area contributed by atoms with E-state index in [1.807, 2.05) is 32.3 Å². The molecule has 0 aliphatic carbocycles. The van der Waals surface area contributed by atoms with Crippen molar-refractivity contribution in [2.75, 3.05) is 32.1 Å². The van der Waals surface area contributed by atoms with Crippen molar-refractivity contribution in [1.29, 1.82) is 0 Å². The second-order valence-electron chi connectivity index (χ2n) is 5.75. The van der Waals surface area contributed by atoms with Gasteiger partial charge in [-0.25, -0.2) is 0 Å². The van der Waals surface area contributed by atoms with Gasteiger partial charge in [-0.1, -0.05) is 32.0 Å². The number of benzene rings is 1. The largest absolute Gasteiger partial charge is 0.373 e. The van der Waals surface area contributed by atoms with Crippen LogP contribution < -0.4 is 10.6 Å². The average molecular weight is 350 g/mol. The number of nitrogens with zero attached hydrogens (tertiary/aromatic N) is 2. The van der Waals surface area contributed by atoms with Crippen molar-refractivity contribution in [2.45, 2.75) is 26.3 Å². The van der Waals surface area contributed by atoms with E-state index >= 15 is 0 Å². The molecule has 128 valence electrons. The van der Waals surface area contributed by atoms with Crippen LogP contribution in [-0.2, 0) is 4.79 Å². The Labute approximate surface area is 146 Å². The van der Waals surface area contributed by atoms with E-state index in [9.17, 15) is 4.79 Å². The smallest absolute Gasteiger partial charge is 0.239 e. The normalized spacial score (nSPS) is 11.2. The first kappa shape index (κ1) is 23.3. The van der Waals surface area contributed by atoms with E-state index in [1.165, 1.54) is 0 Å². The highest BCUT2D eigenvalue weighted by Crippen LogP contribution is 2.11. The fourth-order valence-electron chi connectivity index (χ4n) is 2.11. The maximum atomic E-state index is 12.1. The van der Waals surface area contributed by atoms with Gasteiger partial charge in [-0.15, -0.1) is 24.8 Å². The molecule has 0 aromatic heterocycles. The van der Waals surface area contributed by atoms with Crippen LogP contribution in [0.15, 0.2) is 30.3 Å². The topological polar surface area (TPSA) is 49.6 Å². The molecule has 2 N–H and O–H groups in total. The maximum Gasteiger partial charge on any atom is 0.239 e. The second-order valence-corrected chi connectivity index (χ2v) is 5.75. The van der Waals surface area contributed by atoms with Crippen LogP contribution in [0.2, 0.25) is 0 Å². The quantitative estimate of drug-likeness (QED) is 0.823. The first-order valence-electron chi connectivity index (χ1n) is 7.18. The highest BCUT2D eigenvalue weighted by Gasteiger charge is 2.19. The van der Waals surface area contributed by atoms with Gasteiger partial charge in [-0.3, -0.25) is 4.79 Å². The van der Waals surface area contributed by atoms with Crippen molar-refractivity contribution in [2.24, 2.45) is 11.7 Å². The Balaban J connectivity index is 0. The van der Waals surface area contributed by atoms with Gasteiger partial charge in [-0.2, -0.15) is 0 Å². The fraction of sp³-hybridized carbons (Fsp3) is 0.562. The minimum atomic E-state index is -0.387. The molecule has 1 aromatic carbocycles. The molecule has 6 heteroatoms. The van der Waals surface area contributed by atoms with Gasteiger partial charge in [0.1, 0.15) is 0 Å². The van der Waals surface area contributed by atoms with E-state index in [2.05, 4.69) is 30.9 Å². The lowest BCUT2D eigenvalue weighted by molar-refractivity contribution is -0.131. The molecule has 0 saturated heterocycles. The summed E-state index contributed by atoms with van der Waals surface area (Å²) in [4.78, 5) is 16.0. The zero-order valence-corrected chi connectivity index (χ0v) is 15.5. The van der Waals surface area contributed by atoms with Gasteiger partial charge in [0, 0.05) is 32.9 Å². The molecule has 22 heavy (non-hydrogen) atoms. The number of carbonyl (C=O) groups excluding carboxylic acids is 1. The summed E-state index contributed by atoms with van der Waals surface area (Å²) in [5.74, 6) is 0.467. The highest BCUT2D eigenvalue weighted by molar-refractivity contribution is 5.85. The summed E-state index contributed by atoms with van der Waals surface area (Å²) < 4.78 is 0. The Kier molecular flexibility index (Phi) is 12.3. The van der Waals surface area contributed by atoms with Crippen molar-refractivity contribution in [3.8, 4) is 0 Å². The molecule has 0 unspecified atom stereocenters. The van der Waals surface area contributed by atoms with E-state index in [1.54, 1.807) is 4.90 Å². The van der Waals surface area contributed by atoms with E-state index in [-0.39, 0.29) is 36.8 Å². The Morgan fingerprint density at radius 3 is 2.14 bits per heavy atom. The summed E-state index contributed by atoms with van der Waals surface area (Å²) in [6.07, 6.45) is 0.734. The molecule has 0 saturated carbocycles. The fourth-order valence-corrected chi connectivity index (χ4v) is 2.11. The van der Waals surface area contributed by atoms with Crippen LogP contribution in [0.5, 0.6) is 0 Å². The summed E-state index contributed by atoms with van der Waals surface area (Å²) in [5, 5.41) is 0. The third-order valence-corrected chi connectivity index (χ3v) is 3.39. The third kappa shape index (κ3) is 7.87. The molecule has 4 nitrogen and oxygen atoms in total. The van der Waals surface area contributed by atoms with Gasteiger partial charge in [-0.05, 0) is 24.5 Å². The van der Waals surface area contributed by atoms with Crippen LogP contribution >= 0.6 is 24.8 Å². The number of halogens is 2. The minimum Gasteiger partial charge on any atom is -0.373 e. The predicted molar refractivity (Wildman–Crippen MR) is 99.3 cm³/mol.